The van der Waals surface area contributed by atoms with Gasteiger partial charge in [0.15, 0.2) is 0 Å². The van der Waals surface area contributed by atoms with Crippen LogP contribution in [0.4, 0.5) is 0 Å². The van der Waals surface area contributed by atoms with Gasteiger partial charge in [0.1, 0.15) is 0 Å². The highest BCUT2D eigenvalue weighted by atomic mass is 79.9. The Kier molecular flexibility index (Phi) is 4.66. The lowest BCUT2D eigenvalue weighted by atomic mass is 9.94. The highest BCUT2D eigenvalue weighted by Gasteiger charge is 2.32. The van der Waals surface area contributed by atoms with E-state index in [4.69, 9.17) is 4.74 Å². The number of nitrogens with zero attached hydrogens (tertiary/aromatic N) is 1. The van der Waals surface area contributed by atoms with Gasteiger partial charge in [0.25, 0.3) is 5.91 Å². The lowest BCUT2D eigenvalue weighted by Gasteiger charge is -2.35. The Morgan fingerprint density at radius 1 is 1.58 bits per heavy atom. The highest BCUT2D eigenvalue weighted by molar-refractivity contribution is 9.11. The number of hydrogen-bond donors (Lipinski definition) is 1. The van der Waals surface area contributed by atoms with Crippen molar-refractivity contribution in [2.75, 3.05) is 26.8 Å². The van der Waals surface area contributed by atoms with Crippen LogP contribution in [0.25, 0.3) is 0 Å². The van der Waals surface area contributed by atoms with E-state index in [1.807, 2.05) is 13.0 Å². The number of likely N-dealkylation sites (N-methyl/N-ethyl adjacent to an activating group) is 1. The van der Waals surface area contributed by atoms with Crippen molar-refractivity contribution in [1.29, 1.82) is 0 Å². The monoisotopic (exact) mass is 347 g/mol. The summed E-state index contributed by atoms with van der Waals surface area (Å²) in [7, 11) is 1.73. The van der Waals surface area contributed by atoms with Crippen molar-refractivity contribution in [3.05, 3.63) is 20.3 Å². The number of carbonyl (C=O) groups excluding carboxylic acids is 1. The van der Waals surface area contributed by atoms with Gasteiger partial charge >= 0.3 is 0 Å². The normalized spacial score (nSPS) is 18.3. The first-order valence-corrected chi connectivity index (χ1v) is 7.84. The van der Waals surface area contributed by atoms with Crippen LogP contribution < -0.4 is 0 Å². The van der Waals surface area contributed by atoms with E-state index in [0.717, 1.165) is 9.35 Å². The van der Waals surface area contributed by atoms with Crippen molar-refractivity contribution in [3.63, 3.8) is 0 Å². The van der Waals surface area contributed by atoms with E-state index < -0.39 is 5.60 Å². The molecule has 1 saturated heterocycles. The fourth-order valence-corrected chi connectivity index (χ4v) is 3.71. The first kappa shape index (κ1) is 15.0. The molecule has 1 aromatic rings. The number of ether oxygens (including phenoxy) is 1. The summed E-state index contributed by atoms with van der Waals surface area (Å²) < 4.78 is 6.22. The summed E-state index contributed by atoms with van der Waals surface area (Å²) >= 11 is 4.86. The van der Waals surface area contributed by atoms with Crippen molar-refractivity contribution in [2.45, 2.75) is 25.4 Å². The second-order valence-corrected chi connectivity index (χ2v) is 7.44. The molecule has 0 unspecified atom stereocenters. The average Bonchev–Trinajstić information content (AvgIpc) is 2.69. The molecule has 0 aromatic carbocycles. The van der Waals surface area contributed by atoms with E-state index in [9.17, 15) is 9.90 Å². The minimum atomic E-state index is -0.813. The molecule has 0 spiro atoms. The van der Waals surface area contributed by atoms with Gasteiger partial charge in [-0.25, -0.2) is 0 Å². The van der Waals surface area contributed by atoms with Crippen LogP contribution in [0.3, 0.4) is 0 Å². The van der Waals surface area contributed by atoms with Gasteiger partial charge in [-0.15, -0.1) is 11.3 Å². The summed E-state index contributed by atoms with van der Waals surface area (Å²) in [6.07, 6.45) is 1.16. The van der Waals surface area contributed by atoms with Crippen LogP contribution in [0.15, 0.2) is 9.85 Å². The molecular weight excluding hydrogens is 330 g/mol. The summed E-state index contributed by atoms with van der Waals surface area (Å²) in [5.41, 5.74) is 0.248. The van der Waals surface area contributed by atoms with Crippen LogP contribution in [0.5, 0.6) is 0 Å². The van der Waals surface area contributed by atoms with E-state index >= 15 is 0 Å². The number of amides is 1. The Hall–Kier alpha value is -0.430. The Balaban J connectivity index is 2.02. The van der Waals surface area contributed by atoms with Crippen LogP contribution in [0.1, 0.15) is 28.1 Å². The summed E-state index contributed by atoms with van der Waals surface area (Å²) in [4.78, 5) is 14.6. The Morgan fingerprint density at radius 3 is 2.74 bits per heavy atom. The summed E-state index contributed by atoms with van der Waals surface area (Å²) in [6.45, 7) is 3.43. The maximum atomic E-state index is 12.3. The molecule has 1 aliphatic heterocycles. The van der Waals surface area contributed by atoms with Gasteiger partial charge in [-0.1, -0.05) is 0 Å². The molecule has 1 fully saturated rings. The molecule has 1 aliphatic rings. The van der Waals surface area contributed by atoms with E-state index in [-0.39, 0.29) is 5.91 Å². The molecule has 106 valence electrons. The zero-order chi connectivity index (χ0) is 14.0. The third kappa shape index (κ3) is 3.56. The Morgan fingerprint density at radius 2 is 2.21 bits per heavy atom. The minimum Gasteiger partial charge on any atom is -0.388 e. The molecule has 2 rings (SSSR count). The Labute approximate surface area is 125 Å². The molecule has 1 aromatic heterocycles. The second kappa shape index (κ2) is 5.91. The minimum absolute atomic E-state index is 0.0429. The molecule has 4 nitrogen and oxygen atoms in total. The fraction of sp³-hybridized carbons (Fsp3) is 0.615. The molecule has 2 heterocycles. The number of carbonyl (C=O) groups is 1. The second-order valence-electron chi connectivity index (χ2n) is 5.07. The molecule has 19 heavy (non-hydrogen) atoms. The predicted molar refractivity (Wildman–Crippen MR) is 78.7 cm³/mol. The topological polar surface area (TPSA) is 49.8 Å². The average molecular weight is 348 g/mol. The number of aryl methyl sites for hydroxylation is 1. The first-order valence-electron chi connectivity index (χ1n) is 6.23. The number of thiophene rings is 1. The van der Waals surface area contributed by atoms with Gasteiger partial charge in [-0.05, 0) is 34.5 Å². The number of aliphatic hydroxyl groups is 1. The quantitative estimate of drug-likeness (QED) is 0.913. The highest BCUT2D eigenvalue weighted by Crippen LogP contribution is 2.29. The zero-order valence-electron chi connectivity index (χ0n) is 11.1. The van der Waals surface area contributed by atoms with Crippen molar-refractivity contribution < 1.29 is 14.6 Å². The molecule has 1 amide bonds. The fourth-order valence-electron chi connectivity index (χ4n) is 2.18. The van der Waals surface area contributed by atoms with Crippen LogP contribution in [0.2, 0.25) is 0 Å². The van der Waals surface area contributed by atoms with E-state index in [1.54, 1.807) is 11.9 Å². The maximum Gasteiger partial charge on any atom is 0.263 e. The van der Waals surface area contributed by atoms with E-state index in [0.29, 0.717) is 37.5 Å². The number of hydrogen-bond acceptors (Lipinski definition) is 4. The zero-order valence-corrected chi connectivity index (χ0v) is 13.5. The lowest BCUT2D eigenvalue weighted by Crippen LogP contribution is -2.47. The van der Waals surface area contributed by atoms with Crippen molar-refractivity contribution >= 4 is 33.2 Å². The number of halogens is 1. The Bertz CT molecular complexity index is 449. The molecule has 0 atom stereocenters. The van der Waals surface area contributed by atoms with E-state index in [1.165, 1.54) is 11.3 Å². The van der Waals surface area contributed by atoms with Gasteiger partial charge in [-0.3, -0.25) is 4.79 Å². The van der Waals surface area contributed by atoms with Crippen molar-refractivity contribution in [2.24, 2.45) is 0 Å². The first-order chi connectivity index (χ1) is 8.91. The van der Waals surface area contributed by atoms with Crippen LogP contribution in [-0.4, -0.2) is 48.3 Å². The third-order valence-corrected chi connectivity index (χ3v) is 5.49. The van der Waals surface area contributed by atoms with Crippen LogP contribution in [0, 0.1) is 6.92 Å². The van der Waals surface area contributed by atoms with Gasteiger partial charge in [-0.2, -0.15) is 0 Å². The molecule has 6 heteroatoms. The SMILES string of the molecule is Cc1cc(C(=O)N(C)CC2(O)CCOCC2)sc1Br. The largest absolute Gasteiger partial charge is 0.388 e. The summed E-state index contributed by atoms with van der Waals surface area (Å²) in [6, 6.07) is 1.88. The summed E-state index contributed by atoms with van der Waals surface area (Å²) in [5, 5.41) is 10.4. The molecular formula is C13H18BrNO3S. The molecule has 0 aliphatic carbocycles. The smallest absolute Gasteiger partial charge is 0.263 e. The van der Waals surface area contributed by atoms with Crippen molar-refractivity contribution in [1.82, 2.24) is 4.90 Å². The van der Waals surface area contributed by atoms with E-state index in [2.05, 4.69) is 15.9 Å². The standard InChI is InChI=1S/C13H18BrNO3S/c1-9-7-10(19-11(9)14)12(16)15(2)8-13(17)3-5-18-6-4-13/h7,17H,3-6,8H2,1-2H3. The van der Waals surface area contributed by atoms with Crippen LogP contribution >= 0.6 is 27.3 Å². The van der Waals surface area contributed by atoms with Gasteiger partial charge in [0.05, 0.1) is 14.3 Å². The maximum absolute atomic E-state index is 12.3. The molecule has 1 N–H and O–H groups in total. The van der Waals surface area contributed by atoms with Gasteiger partial charge in [0, 0.05) is 39.6 Å². The molecule has 0 saturated carbocycles. The molecule has 0 bridgehead atoms. The lowest BCUT2D eigenvalue weighted by molar-refractivity contribution is -0.0733. The third-order valence-electron chi connectivity index (χ3n) is 3.37. The predicted octanol–water partition coefficient (Wildman–Crippen LogP) is 2.43. The molecule has 0 radical (unpaired) electrons. The van der Waals surface area contributed by atoms with Gasteiger partial charge in [0.2, 0.25) is 0 Å². The number of rotatable bonds is 3. The summed E-state index contributed by atoms with van der Waals surface area (Å²) in [5.74, 6) is -0.0429. The van der Waals surface area contributed by atoms with Crippen molar-refractivity contribution in [3.8, 4) is 0 Å². The van der Waals surface area contributed by atoms with Gasteiger partial charge < -0.3 is 14.7 Å². The van der Waals surface area contributed by atoms with Crippen LogP contribution in [-0.2, 0) is 4.74 Å².